The van der Waals surface area contributed by atoms with Crippen molar-refractivity contribution < 1.29 is 20.1 Å². The average Bonchev–Trinajstić information content (AvgIpc) is 2.83. The number of piperidine rings is 1. The highest BCUT2D eigenvalue weighted by Crippen LogP contribution is 2.52. The number of carboxylic acids is 1. The lowest BCUT2D eigenvalue weighted by Crippen LogP contribution is -2.59. The standard InChI is InChI=1S/C41H65NO4/c1-35(2,3)28-18-26(19-29(32(28)43)36(4,5)6)41(34(45)46,24-25-22-39(13,14)42(17)40(15,16)23-25)27-20-30(37(7,8)9)33(44)31(21-27)38(10,11)12/h18-21,25,43-44H,22-24H2,1-17H3,(H,45,46). The molecule has 1 heterocycles. The molecule has 1 fully saturated rings. The Morgan fingerprint density at radius 3 is 1.13 bits per heavy atom. The van der Waals surface area contributed by atoms with Crippen LogP contribution in [0, 0.1) is 5.92 Å². The molecule has 1 aliphatic heterocycles. The third-order valence-electron chi connectivity index (χ3n) is 10.8. The molecule has 0 bridgehead atoms. The Kier molecular flexibility index (Phi) is 9.53. The van der Waals surface area contributed by atoms with Gasteiger partial charge in [-0.2, -0.15) is 0 Å². The number of hydrogen-bond donors (Lipinski definition) is 3. The maximum absolute atomic E-state index is 14.4. The fourth-order valence-electron chi connectivity index (χ4n) is 7.94. The molecule has 5 heteroatoms. The van der Waals surface area contributed by atoms with Gasteiger partial charge in [-0.05, 0) is 115 Å². The molecule has 0 aliphatic carbocycles. The molecule has 46 heavy (non-hydrogen) atoms. The number of likely N-dealkylation sites (tertiary alicyclic amines) is 1. The lowest BCUT2D eigenvalue weighted by atomic mass is 9.61. The fraction of sp³-hybridized carbons (Fsp3) is 0.683. The van der Waals surface area contributed by atoms with E-state index in [4.69, 9.17) is 0 Å². The first-order valence-corrected chi connectivity index (χ1v) is 17.1. The molecule has 258 valence electrons. The van der Waals surface area contributed by atoms with Gasteiger partial charge in [0.15, 0.2) is 0 Å². The summed E-state index contributed by atoms with van der Waals surface area (Å²) in [4.78, 5) is 16.8. The van der Waals surface area contributed by atoms with Gasteiger partial charge in [-0.15, -0.1) is 0 Å². The van der Waals surface area contributed by atoms with E-state index in [9.17, 15) is 20.1 Å². The van der Waals surface area contributed by atoms with Crippen LogP contribution in [0.25, 0.3) is 0 Å². The van der Waals surface area contributed by atoms with E-state index in [0.29, 0.717) is 17.5 Å². The van der Waals surface area contributed by atoms with Crippen LogP contribution in [0.5, 0.6) is 11.5 Å². The second-order valence-corrected chi connectivity index (χ2v) is 19.7. The summed E-state index contributed by atoms with van der Waals surface area (Å²) < 4.78 is 0. The monoisotopic (exact) mass is 635 g/mol. The van der Waals surface area contributed by atoms with Crippen LogP contribution in [0.15, 0.2) is 24.3 Å². The second-order valence-electron chi connectivity index (χ2n) is 19.7. The van der Waals surface area contributed by atoms with Gasteiger partial charge in [0.2, 0.25) is 0 Å². The zero-order valence-corrected chi connectivity index (χ0v) is 32.2. The fourth-order valence-corrected chi connectivity index (χ4v) is 7.94. The number of phenolic OH excluding ortho intramolecular Hbond substituents is 2. The molecular weight excluding hydrogens is 570 g/mol. The van der Waals surface area contributed by atoms with Gasteiger partial charge in [0.25, 0.3) is 0 Å². The average molecular weight is 636 g/mol. The van der Waals surface area contributed by atoms with E-state index in [1.807, 2.05) is 24.3 Å². The summed E-state index contributed by atoms with van der Waals surface area (Å²) in [5.41, 5.74) is 0.967. The molecule has 2 aromatic rings. The molecule has 3 rings (SSSR count). The van der Waals surface area contributed by atoms with Crippen LogP contribution in [0.1, 0.15) is 163 Å². The Morgan fingerprint density at radius 2 is 0.913 bits per heavy atom. The van der Waals surface area contributed by atoms with Crippen LogP contribution < -0.4 is 0 Å². The summed E-state index contributed by atoms with van der Waals surface area (Å²) in [7, 11) is 2.18. The molecule has 3 N–H and O–H groups in total. The zero-order valence-electron chi connectivity index (χ0n) is 32.2. The van der Waals surface area contributed by atoms with Gasteiger partial charge < -0.3 is 15.3 Å². The van der Waals surface area contributed by atoms with Gasteiger partial charge >= 0.3 is 5.97 Å². The van der Waals surface area contributed by atoms with Crippen LogP contribution >= 0.6 is 0 Å². The number of nitrogens with zero attached hydrogens (tertiary/aromatic N) is 1. The number of rotatable bonds is 5. The molecule has 0 amide bonds. The van der Waals surface area contributed by atoms with Gasteiger partial charge in [0.1, 0.15) is 16.9 Å². The van der Waals surface area contributed by atoms with Crippen molar-refractivity contribution in [1.29, 1.82) is 0 Å². The number of benzene rings is 2. The largest absolute Gasteiger partial charge is 0.507 e. The maximum atomic E-state index is 14.4. The summed E-state index contributed by atoms with van der Waals surface area (Å²) in [6.45, 7) is 33.9. The van der Waals surface area contributed by atoms with Crippen molar-refractivity contribution in [3.63, 3.8) is 0 Å². The Bertz CT molecular complexity index is 1300. The first-order valence-electron chi connectivity index (χ1n) is 17.1. The van der Waals surface area contributed by atoms with Crippen LogP contribution in [0.2, 0.25) is 0 Å². The van der Waals surface area contributed by atoms with Crippen molar-refractivity contribution in [3.8, 4) is 11.5 Å². The van der Waals surface area contributed by atoms with Gasteiger partial charge in [-0.25, -0.2) is 0 Å². The van der Waals surface area contributed by atoms with Gasteiger partial charge in [-0.3, -0.25) is 9.69 Å². The smallest absolute Gasteiger partial charge is 0.318 e. The molecule has 0 aromatic heterocycles. The Labute approximate surface area is 280 Å². The molecule has 0 radical (unpaired) electrons. The topological polar surface area (TPSA) is 81.0 Å². The van der Waals surface area contributed by atoms with Crippen molar-refractivity contribution in [2.75, 3.05) is 7.05 Å². The minimum absolute atomic E-state index is 0.104. The third kappa shape index (κ3) is 7.00. The first kappa shape index (κ1) is 37.9. The molecule has 5 nitrogen and oxygen atoms in total. The van der Waals surface area contributed by atoms with Gasteiger partial charge in [-0.1, -0.05) is 107 Å². The lowest BCUT2D eigenvalue weighted by Gasteiger charge is -2.55. The predicted molar refractivity (Wildman–Crippen MR) is 193 cm³/mol. The molecular formula is C41H65NO4. The summed E-state index contributed by atoms with van der Waals surface area (Å²) in [5.74, 6) is -0.327. The number of carboxylic acid groups (broad SMARTS) is 1. The van der Waals surface area contributed by atoms with Gasteiger partial charge in [0, 0.05) is 11.1 Å². The second kappa shape index (κ2) is 11.6. The highest BCUT2D eigenvalue weighted by Gasteiger charge is 2.51. The van der Waals surface area contributed by atoms with Crippen LogP contribution in [-0.4, -0.2) is 44.3 Å². The van der Waals surface area contributed by atoms with Crippen LogP contribution in [0.4, 0.5) is 0 Å². The Morgan fingerprint density at radius 1 is 0.652 bits per heavy atom. The molecule has 0 unspecified atom stereocenters. The predicted octanol–water partition coefficient (Wildman–Crippen LogP) is 9.95. The van der Waals surface area contributed by atoms with Crippen molar-refractivity contribution in [2.45, 2.75) is 168 Å². The van der Waals surface area contributed by atoms with E-state index in [1.54, 1.807) is 0 Å². The quantitative estimate of drug-likeness (QED) is 0.305. The van der Waals surface area contributed by atoms with E-state index in [0.717, 1.165) is 35.1 Å². The summed E-state index contributed by atoms with van der Waals surface area (Å²) >= 11 is 0. The molecule has 0 spiro atoms. The first-order chi connectivity index (χ1) is 20.4. The number of hydrogen-bond acceptors (Lipinski definition) is 4. The van der Waals surface area contributed by atoms with Crippen LogP contribution in [0.3, 0.4) is 0 Å². The zero-order chi connectivity index (χ0) is 35.8. The molecule has 2 aromatic carbocycles. The van der Waals surface area contributed by atoms with Crippen molar-refractivity contribution >= 4 is 5.97 Å². The highest BCUT2D eigenvalue weighted by atomic mass is 16.4. The molecule has 1 aliphatic rings. The normalized spacial score (nSPS) is 18.5. The van der Waals surface area contributed by atoms with E-state index in [-0.39, 0.29) is 28.5 Å². The van der Waals surface area contributed by atoms with E-state index in [1.165, 1.54) is 0 Å². The van der Waals surface area contributed by atoms with Crippen molar-refractivity contribution in [3.05, 3.63) is 57.6 Å². The number of aliphatic carboxylic acids is 1. The molecule has 0 saturated carbocycles. The SMILES string of the molecule is CN1C(C)(C)CC(CC(C(=O)O)(c2cc(C(C)(C)C)c(O)c(C(C)(C)C)c2)c2cc(C(C)(C)C)c(O)c(C(C)(C)C)c2)CC1(C)C. The summed E-state index contributed by atoms with van der Waals surface area (Å²) in [5, 5.41) is 35.1. The Hall–Kier alpha value is -2.53. The van der Waals surface area contributed by atoms with Crippen molar-refractivity contribution in [2.24, 2.45) is 5.92 Å². The maximum Gasteiger partial charge on any atom is 0.318 e. The summed E-state index contributed by atoms with van der Waals surface area (Å²) in [6, 6.07) is 7.85. The number of carbonyl (C=O) groups is 1. The highest BCUT2D eigenvalue weighted by molar-refractivity contribution is 5.87. The molecule has 0 atom stereocenters. The van der Waals surface area contributed by atoms with E-state index in [2.05, 4.69) is 123 Å². The third-order valence-corrected chi connectivity index (χ3v) is 10.8. The summed E-state index contributed by atoms with van der Waals surface area (Å²) in [6.07, 6.45) is 2.11. The Balaban J connectivity index is 2.61. The van der Waals surface area contributed by atoms with Gasteiger partial charge in [0.05, 0.1) is 0 Å². The van der Waals surface area contributed by atoms with E-state index < -0.39 is 33.0 Å². The van der Waals surface area contributed by atoms with Crippen LogP contribution in [-0.2, 0) is 31.9 Å². The van der Waals surface area contributed by atoms with Crippen molar-refractivity contribution in [1.82, 2.24) is 4.90 Å². The lowest BCUT2D eigenvalue weighted by molar-refractivity contribution is -0.143. The minimum atomic E-state index is -1.44. The van der Waals surface area contributed by atoms with E-state index >= 15 is 0 Å². The molecule has 1 saturated heterocycles. The number of phenols is 2. The minimum Gasteiger partial charge on any atom is -0.507 e. The number of aromatic hydroxyl groups is 2.